The largest absolute Gasteiger partial charge is 0.464 e. The van der Waals surface area contributed by atoms with Crippen LogP contribution in [0.15, 0.2) is 70.2 Å². The Morgan fingerprint density at radius 2 is 1.78 bits per heavy atom. The van der Waals surface area contributed by atoms with E-state index in [0.717, 1.165) is 15.5 Å². The number of benzene rings is 1. The number of esters is 1. The Labute approximate surface area is 230 Å². The predicted molar refractivity (Wildman–Crippen MR) is 154 cm³/mol. The Morgan fingerprint density at radius 1 is 1.11 bits per heavy atom. The number of likely N-dealkylation sites (tertiary alicyclic amines) is 1. The lowest BCUT2D eigenvalue weighted by molar-refractivity contribution is -0.153. The van der Waals surface area contributed by atoms with E-state index in [0.29, 0.717) is 24.5 Å². The SMILES string of the molecule is COC(=O)/C(=C(/C)SCc1ccccn1)N1C(=O)[C@H](CCO[Si](C)(C)C(C)(C)C)[C@H]1Sc1ccccc1. The summed E-state index contributed by atoms with van der Waals surface area (Å²) in [5.74, 6) is -0.224. The van der Waals surface area contributed by atoms with Crippen LogP contribution in [0.1, 0.15) is 39.8 Å². The first-order chi connectivity index (χ1) is 17.5. The highest BCUT2D eigenvalue weighted by atomic mass is 32.2. The van der Waals surface area contributed by atoms with E-state index in [2.05, 4.69) is 38.8 Å². The van der Waals surface area contributed by atoms with Crippen LogP contribution in [0.2, 0.25) is 18.1 Å². The van der Waals surface area contributed by atoms with Crippen LogP contribution in [0.4, 0.5) is 0 Å². The Bertz CT molecular complexity index is 1100. The summed E-state index contributed by atoms with van der Waals surface area (Å²) in [7, 11) is -0.572. The van der Waals surface area contributed by atoms with E-state index < -0.39 is 14.3 Å². The van der Waals surface area contributed by atoms with Gasteiger partial charge >= 0.3 is 5.97 Å². The van der Waals surface area contributed by atoms with Gasteiger partial charge in [-0.3, -0.25) is 14.7 Å². The van der Waals surface area contributed by atoms with Crippen molar-refractivity contribution in [1.29, 1.82) is 0 Å². The lowest BCUT2D eigenvalue weighted by Gasteiger charge is -2.47. The number of rotatable bonds is 11. The number of β-lactam (4-membered cyclic amide) rings is 1. The fraction of sp³-hybridized carbons (Fsp3) is 0.464. The number of pyridine rings is 1. The highest BCUT2D eigenvalue weighted by Crippen LogP contribution is 2.45. The first-order valence-electron chi connectivity index (χ1n) is 12.5. The third-order valence-electron chi connectivity index (χ3n) is 6.97. The Kier molecular flexibility index (Phi) is 10.1. The number of carbonyl (C=O) groups excluding carboxylic acids is 2. The average Bonchev–Trinajstić information content (AvgIpc) is 2.87. The number of allylic oxidation sites excluding steroid dienone is 1. The second-order valence-electron chi connectivity index (χ2n) is 10.5. The highest BCUT2D eigenvalue weighted by Gasteiger charge is 2.51. The molecule has 0 saturated carbocycles. The van der Waals surface area contributed by atoms with Crippen LogP contribution in [-0.2, 0) is 24.5 Å². The number of hydrogen-bond acceptors (Lipinski definition) is 7. The van der Waals surface area contributed by atoms with Gasteiger partial charge in [-0.15, -0.1) is 11.8 Å². The molecule has 1 aliphatic heterocycles. The molecular formula is C28H38N2O4S2Si. The minimum absolute atomic E-state index is 0.0644. The first kappa shape index (κ1) is 29.5. The van der Waals surface area contributed by atoms with Gasteiger partial charge in [-0.25, -0.2) is 4.79 Å². The van der Waals surface area contributed by atoms with E-state index >= 15 is 0 Å². The molecule has 37 heavy (non-hydrogen) atoms. The Hall–Kier alpha value is -2.07. The molecule has 2 aromatic rings. The van der Waals surface area contributed by atoms with Gasteiger partial charge in [0.1, 0.15) is 5.70 Å². The van der Waals surface area contributed by atoms with Crippen LogP contribution < -0.4 is 0 Å². The molecule has 6 nitrogen and oxygen atoms in total. The minimum atomic E-state index is -1.93. The van der Waals surface area contributed by atoms with Crippen molar-refractivity contribution >= 4 is 43.7 Å². The zero-order chi connectivity index (χ0) is 27.2. The van der Waals surface area contributed by atoms with E-state index in [-0.39, 0.29) is 22.2 Å². The van der Waals surface area contributed by atoms with Crippen molar-refractivity contribution < 1.29 is 18.8 Å². The molecule has 0 radical (unpaired) electrons. The minimum Gasteiger partial charge on any atom is -0.464 e. The van der Waals surface area contributed by atoms with E-state index in [1.807, 2.05) is 55.5 Å². The molecule has 0 spiro atoms. The summed E-state index contributed by atoms with van der Waals surface area (Å²) < 4.78 is 11.5. The average molecular weight is 559 g/mol. The molecule has 1 fully saturated rings. The van der Waals surface area contributed by atoms with Crippen LogP contribution in [-0.4, -0.2) is 49.2 Å². The summed E-state index contributed by atoms with van der Waals surface area (Å²) in [6, 6.07) is 15.7. The summed E-state index contributed by atoms with van der Waals surface area (Å²) in [5, 5.41) is -0.124. The maximum Gasteiger partial charge on any atom is 0.355 e. The zero-order valence-corrected chi connectivity index (χ0v) is 25.4. The number of hydrogen-bond donors (Lipinski definition) is 0. The lowest BCUT2D eigenvalue weighted by atomic mass is 9.94. The molecule has 1 aromatic heterocycles. The molecule has 1 amide bonds. The number of thioether (sulfide) groups is 2. The van der Waals surface area contributed by atoms with E-state index in [9.17, 15) is 9.59 Å². The van der Waals surface area contributed by atoms with Crippen molar-refractivity contribution in [2.45, 2.75) is 68.3 Å². The Balaban J connectivity index is 1.84. The standard InChI is InChI=1S/C28H38N2O4S2Si/c1-20(35-19-21-13-11-12-17-29-21)24(27(32)33-5)30-25(31)23(16-18-34-37(6,7)28(2,3)4)26(30)36-22-14-9-8-10-15-22/h8-15,17,23,26H,16,18-19H2,1-7H3/b24-20+/t23-,26+/m0/s1. The van der Waals surface area contributed by atoms with E-state index in [1.54, 1.807) is 22.9 Å². The van der Waals surface area contributed by atoms with Gasteiger partial charge in [-0.1, -0.05) is 56.8 Å². The first-order valence-corrected chi connectivity index (χ1v) is 17.2. The maximum absolute atomic E-state index is 13.6. The van der Waals surface area contributed by atoms with Gasteiger partial charge in [0.15, 0.2) is 8.32 Å². The van der Waals surface area contributed by atoms with Crippen LogP contribution in [0.5, 0.6) is 0 Å². The smallest absolute Gasteiger partial charge is 0.355 e. The van der Waals surface area contributed by atoms with Crippen LogP contribution >= 0.6 is 23.5 Å². The number of carbonyl (C=O) groups is 2. The molecule has 0 aliphatic carbocycles. The lowest BCUT2D eigenvalue weighted by Crippen LogP contribution is -2.60. The molecule has 0 N–H and O–H groups in total. The summed E-state index contributed by atoms with van der Waals surface area (Å²) in [5.41, 5.74) is 1.21. The molecule has 2 atom stereocenters. The van der Waals surface area contributed by atoms with E-state index in [4.69, 9.17) is 9.16 Å². The van der Waals surface area contributed by atoms with Gasteiger partial charge in [-0.05, 0) is 55.7 Å². The van der Waals surface area contributed by atoms with Gasteiger partial charge in [0.25, 0.3) is 0 Å². The van der Waals surface area contributed by atoms with Crippen molar-refractivity contribution in [2.24, 2.45) is 5.92 Å². The quantitative estimate of drug-likeness (QED) is 0.131. The molecule has 1 saturated heterocycles. The molecule has 2 heterocycles. The second-order valence-corrected chi connectivity index (χ2v) is 17.7. The molecule has 9 heteroatoms. The summed E-state index contributed by atoms with van der Waals surface area (Å²) in [4.78, 5) is 34.3. The monoisotopic (exact) mass is 558 g/mol. The van der Waals surface area contributed by atoms with Crippen molar-refractivity contribution in [3.8, 4) is 0 Å². The second kappa shape index (κ2) is 12.6. The molecule has 1 aromatic carbocycles. The molecular weight excluding hydrogens is 521 g/mol. The van der Waals surface area contributed by atoms with Crippen LogP contribution in [0.3, 0.4) is 0 Å². The summed E-state index contributed by atoms with van der Waals surface area (Å²) in [6.45, 7) is 13.5. The maximum atomic E-state index is 13.6. The number of nitrogens with zero attached hydrogens (tertiary/aromatic N) is 2. The zero-order valence-electron chi connectivity index (χ0n) is 22.8. The summed E-state index contributed by atoms with van der Waals surface area (Å²) >= 11 is 3.09. The van der Waals surface area contributed by atoms with Gasteiger partial charge in [0.2, 0.25) is 5.91 Å². The van der Waals surface area contributed by atoms with Crippen molar-refractivity contribution in [2.75, 3.05) is 13.7 Å². The normalized spacial score (nSPS) is 18.8. The van der Waals surface area contributed by atoms with Crippen LogP contribution in [0.25, 0.3) is 0 Å². The number of aromatic nitrogens is 1. The van der Waals surface area contributed by atoms with Crippen LogP contribution in [0, 0.1) is 5.92 Å². The molecule has 0 bridgehead atoms. The summed E-state index contributed by atoms with van der Waals surface area (Å²) in [6.07, 6.45) is 2.36. The molecule has 0 unspecified atom stereocenters. The Morgan fingerprint density at radius 3 is 2.38 bits per heavy atom. The van der Waals surface area contributed by atoms with Crippen molar-refractivity contribution in [3.05, 3.63) is 71.0 Å². The van der Waals surface area contributed by atoms with E-state index in [1.165, 1.54) is 18.9 Å². The molecule has 200 valence electrons. The number of ether oxygens (including phenoxy) is 1. The predicted octanol–water partition coefficient (Wildman–Crippen LogP) is 6.71. The molecule has 3 rings (SSSR count). The van der Waals surface area contributed by atoms with Gasteiger partial charge < -0.3 is 9.16 Å². The fourth-order valence-corrected chi connectivity index (χ4v) is 6.94. The third-order valence-corrected chi connectivity index (χ3v) is 13.9. The van der Waals surface area contributed by atoms with Crippen molar-refractivity contribution in [3.63, 3.8) is 0 Å². The molecule has 1 aliphatic rings. The van der Waals surface area contributed by atoms with Gasteiger partial charge in [0, 0.05) is 28.4 Å². The number of amides is 1. The highest BCUT2D eigenvalue weighted by molar-refractivity contribution is 8.02. The van der Waals surface area contributed by atoms with Crippen molar-refractivity contribution in [1.82, 2.24) is 9.88 Å². The fourth-order valence-electron chi connectivity index (χ4n) is 3.70. The van der Waals surface area contributed by atoms with Gasteiger partial charge in [-0.2, -0.15) is 0 Å². The topological polar surface area (TPSA) is 68.7 Å². The third kappa shape index (κ3) is 7.28. The number of methoxy groups -OCH3 is 1. The van der Waals surface area contributed by atoms with Gasteiger partial charge in [0.05, 0.1) is 24.1 Å².